The van der Waals surface area contributed by atoms with Crippen molar-refractivity contribution in [3.8, 4) is 18.2 Å². The number of rotatable bonds is 8. The van der Waals surface area contributed by atoms with Crippen molar-refractivity contribution in [3.05, 3.63) is 68.2 Å². The Balaban J connectivity index is 1.77. The standard InChI is InChI=1S/C22H17BrCl2N4O3/c1-2-5-32-21-18(23)11-26-22(29-21)28-17-7-13(12-30)6-16(10-17)27-20(31)8-14-3-4-15(24)9-19(14)25/h1,3-4,6-7,9-11,30H,5,8,12H2,(H,27,31)(H,26,28,29). The van der Waals surface area contributed by atoms with E-state index in [2.05, 4.69) is 42.5 Å². The molecule has 0 atom stereocenters. The van der Waals surface area contributed by atoms with Gasteiger partial charge in [0.1, 0.15) is 0 Å². The fourth-order valence-electron chi connectivity index (χ4n) is 2.72. The Bertz CT molecular complexity index is 1180. The zero-order valence-electron chi connectivity index (χ0n) is 16.5. The Kier molecular flexibility index (Phi) is 8.31. The van der Waals surface area contributed by atoms with Crippen LogP contribution in [-0.2, 0) is 17.8 Å². The highest BCUT2D eigenvalue weighted by molar-refractivity contribution is 9.10. The van der Waals surface area contributed by atoms with Crippen LogP contribution < -0.4 is 15.4 Å². The maximum atomic E-state index is 12.5. The van der Waals surface area contributed by atoms with Gasteiger partial charge in [-0.1, -0.05) is 35.2 Å². The molecule has 0 saturated carbocycles. The Morgan fingerprint density at radius 1 is 1.22 bits per heavy atom. The van der Waals surface area contributed by atoms with E-state index in [4.69, 9.17) is 34.4 Å². The number of carbonyl (C=O) groups is 1. The van der Waals surface area contributed by atoms with Gasteiger partial charge in [-0.15, -0.1) is 6.42 Å². The summed E-state index contributed by atoms with van der Waals surface area (Å²) in [4.78, 5) is 21.0. The predicted octanol–water partition coefficient (Wildman–Crippen LogP) is 4.98. The van der Waals surface area contributed by atoms with Crippen LogP contribution in [0.15, 0.2) is 47.1 Å². The molecule has 0 unspecified atom stereocenters. The number of aromatic nitrogens is 2. The lowest BCUT2D eigenvalue weighted by Crippen LogP contribution is -2.15. The van der Waals surface area contributed by atoms with Gasteiger partial charge in [-0.05, 0) is 57.4 Å². The molecule has 0 aliphatic rings. The minimum atomic E-state index is -0.278. The molecule has 0 radical (unpaired) electrons. The molecule has 0 fully saturated rings. The summed E-state index contributed by atoms with van der Waals surface area (Å²) in [6.45, 7) is -0.165. The van der Waals surface area contributed by atoms with Crippen molar-refractivity contribution in [2.75, 3.05) is 17.2 Å². The SMILES string of the molecule is C#CCOc1nc(Nc2cc(CO)cc(NC(=O)Cc3ccc(Cl)cc3Cl)c2)ncc1Br. The maximum Gasteiger partial charge on any atom is 0.233 e. The summed E-state index contributed by atoms with van der Waals surface area (Å²) >= 11 is 15.3. The van der Waals surface area contributed by atoms with E-state index in [1.807, 2.05) is 0 Å². The van der Waals surface area contributed by atoms with Crippen molar-refractivity contribution in [2.45, 2.75) is 13.0 Å². The summed E-state index contributed by atoms with van der Waals surface area (Å²) in [5, 5.41) is 16.4. The van der Waals surface area contributed by atoms with Crippen molar-refractivity contribution in [1.82, 2.24) is 9.97 Å². The Morgan fingerprint density at radius 3 is 2.72 bits per heavy atom. The third-order valence-corrected chi connectivity index (χ3v) is 5.22. The molecule has 0 spiro atoms. The van der Waals surface area contributed by atoms with Gasteiger partial charge in [0.25, 0.3) is 0 Å². The molecule has 3 aromatic rings. The van der Waals surface area contributed by atoms with Crippen LogP contribution in [-0.4, -0.2) is 27.6 Å². The van der Waals surface area contributed by atoms with Crippen LogP contribution in [0.1, 0.15) is 11.1 Å². The van der Waals surface area contributed by atoms with E-state index in [1.54, 1.807) is 36.4 Å². The Morgan fingerprint density at radius 2 is 2.00 bits per heavy atom. The van der Waals surface area contributed by atoms with Gasteiger partial charge in [0, 0.05) is 21.4 Å². The Hall–Kier alpha value is -2.83. The molecule has 3 N–H and O–H groups in total. The number of aliphatic hydroxyl groups is 1. The van der Waals surface area contributed by atoms with Crippen molar-refractivity contribution in [3.63, 3.8) is 0 Å². The zero-order chi connectivity index (χ0) is 23.1. The molecule has 3 rings (SSSR count). The van der Waals surface area contributed by atoms with Crippen LogP contribution in [0.2, 0.25) is 10.0 Å². The highest BCUT2D eigenvalue weighted by atomic mass is 79.9. The molecule has 7 nitrogen and oxygen atoms in total. The van der Waals surface area contributed by atoms with Gasteiger partial charge in [0.15, 0.2) is 6.61 Å². The number of carbonyl (C=O) groups excluding carboxylic acids is 1. The van der Waals surface area contributed by atoms with Gasteiger partial charge < -0.3 is 20.5 Å². The van der Waals surface area contributed by atoms with E-state index in [1.165, 1.54) is 6.20 Å². The second kappa shape index (κ2) is 11.2. The summed E-state index contributed by atoms with van der Waals surface area (Å²) in [5.41, 5.74) is 2.26. The lowest BCUT2D eigenvalue weighted by Gasteiger charge is -2.12. The van der Waals surface area contributed by atoms with Crippen molar-refractivity contribution in [1.29, 1.82) is 0 Å². The first-order valence-electron chi connectivity index (χ1n) is 9.22. The number of ether oxygens (including phenoxy) is 1. The molecule has 0 bridgehead atoms. The topological polar surface area (TPSA) is 96.4 Å². The average molecular weight is 536 g/mol. The molecule has 2 aromatic carbocycles. The molecule has 32 heavy (non-hydrogen) atoms. The average Bonchev–Trinajstić information content (AvgIpc) is 2.76. The van der Waals surface area contributed by atoms with Gasteiger partial charge in [-0.3, -0.25) is 4.79 Å². The smallest absolute Gasteiger partial charge is 0.233 e. The number of anilines is 3. The zero-order valence-corrected chi connectivity index (χ0v) is 19.6. The molecule has 0 aliphatic heterocycles. The lowest BCUT2D eigenvalue weighted by atomic mass is 10.1. The second-order valence-electron chi connectivity index (χ2n) is 6.50. The molecule has 1 heterocycles. The molecule has 0 aliphatic carbocycles. The summed E-state index contributed by atoms with van der Waals surface area (Å²) in [6, 6.07) is 10.0. The summed E-state index contributed by atoms with van der Waals surface area (Å²) in [6.07, 6.45) is 6.81. The highest BCUT2D eigenvalue weighted by Gasteiger charge is 2.11. The first-order chi connectivity index (χ1) is 15.4. The number of hydrogen-bond acceptors (Lipinski definition) is 6. The first kappa shape index (κ1) is 23.8. The molecule has 10 heteroatoms. The third-order valence-electron chi connectivity index (χ3n) is 4.09. The maximum absolute atomic E-state index is 12.5. The highest BCUT2D eigenvalue weighted by Crippen LogP contribution is 2.26. The van der Waals surface area contributed by atoms with E-state index in [0.717, 1.165) is 0 Å². The predicted molar refractivity (Wildman–Crippen MR) is 129 cm³/mol. The fourth-order valence-corrected chi connectivity index (χ4v) is 3.50. The van der Waals surface area contributed by atoms with Gasteiger partial charge in [0.05, 0.1) is 23.7 Å². The van der Waals surface area contributed by atoms with E-state index in [0.29, 0.717) is 37.0 Å². The first-order valence-corrected chi connectivity index (χ1v) is 10.8. The van der Waals surface area contributed by atoms with Gasteiger partial charge in [-0.25, -0.2) is 4.98 Å². The van der Waals surface area contributed by atoms with Crippen LogP contribution in [0, 0.1) is 12.3 Å². The molecule has 1 amide bonds. The summed E-state index contributed by atoms with van der Waals surface area (Å²) in [7, 11) is 0. The molecule has 164 valence electrons. The van der Waals surface area contributed by atoms with Crippen LogP contribution in [0.5, 0.6) is 5.88 Å². The summed E-state index contributed by atoms with van der Waals surface area (Å²) in [5.74, 6) is 2.63. The largest absolute Gasteiger partial charge is 0.464 e. The molecular formula is C22H17BrCl2N4O3. The molecular weight excluding hydrogens is 519 g/mol. The van der Waals surface area contributed by atoms with Crippen LogP contribution in [0.4, 0.5) is 17.3 Å². The number of terminal acetylenes is 1. The number of nitrogens with one attached hydrogen (secondary N) is 2. The van der Waals surface area contributed by atoms with E-state index >= 15 is 0 Å². The van der Waals surface area contributed by atoms with Crippen LogP contribution >= 0.6 is 39.1 Å². The van der Waals surface area contributed by atoms with Crippen molar-refractivity contribution < 1.29 is 14.6 Å². The number of hydrogen-bond donors (Lipinski definition) is 3. The van der Waals surface area contributed by atoms with Gasteiger partial charge in [-0.2, -0.15) is 4.98 Å². The van der Waals surface area contributed by atoms with Gasteiger partial charge >= 0.3 is 0 Å². The Labute approximate surface area is 203 Å². The number of nitrogens with zero attached hydrogens (tertiary/aromatic N) is 2. The molecule has 0 saturated heterocycles. The monoisotopic (exact) mass is 534 g/mol. The van der Waals surface area contributed by atoms with Crippen molar-refractivity contribution in [2.24, 2.45) is 0 Å². The van der Waals surface area contributed by atoms with E-state index in [9.17, 15) is 9.90 Å². The number of benzene rings is 2. The fraction of sp³-hybridized carbons (Fsp3) is 0.136. The minimum Gasteiger partial charge on any atom is -0.464 e. The minimum absolute atomic E-state index is 0.0584. The lowest BCUT2D eigenvalue weighted by molar-refractivity contribution is -0.115. The van der Waals surface area contributed by atoms with Crippen molar-refractivity contribution >= 4 is 62.4 Å². The number of aliphatic hydroxyl groups excluding tert-OH is 1. The van der Waals surface area contributed by atoms with Gasteiger partial charge in [0.2, 0.25) is 17.7 Å². The molecule has 1 aromatic heterocycles. The third kappa shape index (κ3) is 6.58. The van der Waals surface area contributed by atoms with E-state index < -0.39 is 0 Å². The van der Waals surface area contributed by atoms with E-state index in [-0.39, 0.29) is 37.4 Å². The van der Waals surface area contributed by atoms with Crippen LogP contribution in [0.3, 0.4) is 0 Å². The second-order valence-corrected chi connectivity index (χ2v) is 8.20. The summed E-state index contributed by atoms with van der Waals surface area (Å²) < 4.78 is 5.92. The quantitative estimate of drug-likeness (QED) is 0.352. The number of amides is 1. The normalized spacial score (nSPS) is 10.3. The van der Waals surface area contributed by atoms with Crippen LogP contribution in [0.25, 0.3) is 0 Å². The number of halogens is 3.